The summed E-state index contributed by atoms with van der Waals surface area (Å²) in [6.45, 7) is 2.75. The van der Waals surface area contributed by atoms with Gasteiger partial charge in [0.25, 0.3) is 5.91 Å². The molecular weight excluding hydrogens is 465 g/mol. The maximum atomic E-state index is 13.2. The number of hydrogen-bond donors (Lipinski definition) is 1. The highest BCUT2D eigenvalue weighted by atomic mass is 32.2. The second kappa shape index (κ2) is 9.85. The number of amides is 1. The summed E-state index contributed by atoms with van der Waals surface area (Å²) in [6, 6.07) is 12.4. The average Bonchev–Trinajstić information content (AvgIpc) is 3.49. The van der Waals surface area contributed by atoms with Crippen molar-refractivity contribution < 1.29 is 26.9 Å². The first kappa shape index (κ1) is 23.8. The van der Waals surface area contributed by atoms with E-state index in [1.54, 1.807) is 36.1 Å². The van der Waals surface area contributed by atoms with Gasteiger partial charge >= 0.3 is 10.1 Å². The average molecular weight is 490 g/mol. The molecule has 0 radical (unpaired) electrons. The Morgan fingerprint density at radius 1 is 1.21 bits per heavy atom. The molecule has 1 saturated heterocycles. The number of likely N-dealkylation sites (tertiary alicyclic amines) is 1. The quantitative estimate of drug-likeness (QED) is 0.478. The topological polar surface area (TPSA) is 128 Å². The Hall–Kier alpha value is -3.38. The van der Waals surface area contributed by atoms with Crippen molar-refractivity contribution in [3.05, 3.63) is 71.8 Å². The van der Waals surface area contributed by atoms with Gasteiger partial charge in [-0.25, -0.2) is 4.39 Å². The first-order valence-electron chi connectivity index (χ1n) is 10.7. The Balaban J connectivity index is 1.40. The van der Waals surface area contributed by atoms with Gasteiger partial charge in [0.05, 0.1) is 6.54 Å². The van der Waals surface area contributed by atoms with E-state index >= 15 is 0 Å². The Labute approximate surface area is 196 Å². The van der Waals surface area contributed by atoms with Crippen LogP contribution in [-0.2, 0) is 16.7 Å². The van der Waals surface area contributed by atoms with Gasteiger partial charge in [0.15, 0.2) is 6.33 Å². The van der Waals surface area contributed by atoms with E-state index in [9.17, 15) is 22.2 Å². The van der Waals surface area contributed by atoms with Crippen LogP contribution in [0.1, 0.15) is 35.2 Å². The SMILES string of the molecule is CC(Cn1ncnn1)[C@@H](Oc1ccc(C(=O)N2CCC(c3ccc(F)cc3)C2)cc1)S(=O)(=O)O. The number of rotatable bonds is 8. The van der Waals surface area contributed by atoms with Crippen LogP contribution in [0.25, 0.3) is 0 Å². The van der Waals surface area contributed by atoms with Crippen LogP contribution in [0.2, 0.25) is 0 Å². The normalized spacial score (nSPS) is 18.0. The smallest absolute Gasteiger partial charge is 0.303 e. The molecule has 12 heteroatoms. The van der Waals surface area contributed by atoms with E-state index in [0.717, 1.165) is 12.0 Å². The van der Waals surface area contributed by atoms with Crippen LogP contribution in [-0.4, -0.2) is 62.5 Å². The summed E-state index contributed by atoms with van der Waals surface area (Å²) in [5.41, 5.74) is -0.141. The molecule has 3 atom stereocenters. The largest absolute Gasteiger partial charge is 0.472 e. The van der Waals surface area contributed by atoms with Crippen molar-refractivity contribution >= 4 is 16.0 Å². The van der Waals surface area contributed by atoms with Gasteiger partial charge < -0.3 is 9.64 Å². The zero-order chi connectivity index (χ0) is 24.3. The minimum Gasteiger partial charge on any atom is -0.472 e. The van der Waals surface area contributed by atoms with Crippen LogP contribution in [0.15, 0.2) is 54.9 Å². The van der Waals surface area contributed by atoms with E-state index in [-0.39, 0.29) is 29.9 Å². The molecule has 2 unspecified atom stereocenters. The molecule has 180 valence electrons. The van der Waals surface area contributed by atoms with Crippen molar-refractivity contribution in [1.29, 1.82) is 0 Å². The zero-order valence-corrected chi connectivity index (χ0v) is 19.2. The molecule has 2 heterocycles. The van der Waals surface area contributed by atoms with Crippen LogP contribution in [0.4, 0.5) is 4.39 Å². The number of carbonyl (C=O) groups excluding carboxylic acids is 1. The number of nitrogens with zero attached hydrogens (tertiary/aromatic N) is 5. The molecule has 1 fully saturated rings. The minimum atomic E-state index is -4.55. The highest BCUT2D eigenvalue weighted by Crippen LogP contribution is 2.29. The molecular formula is C22H24FN5O5S. The van der Waals surface area contributed by atoms with Crippen molar-refractivity contribution in [3.63, 3.8) is 0 Å². The molecule has 2 aromatic carbocycles. The molecule has 1 aliphatic rings. The monoisotopic (exact) mass is 489 g/mol. The highest BCUT2D eigenvalue weighted by Gasteiger charge is 2.33. The predicted molar refractivity (Wildman–Crippen MR) is 119 cm³/mol. The predicted octanol–water partition coefficient (Wildman–Crippen LogP) is 2.37. The number of aromatic nitrogens is 4. The molecule has 1 aliphatic heterocycles. The lowest BCUT2D eigenvalue weighted by atomic mass is 9.99. The number of tetrazole rings is 1. The third-order valence-electron chi connectivity index (χ3n) is 5.77. The van der Waals surface area contributed by atoms with Crippen LogP contribution < -0.4 is 4.74 Å². The summed E-state index contributed by atoms with van der Waals surface area (Å²) < 4.78 is 52.2. The maximum absolute atomic E-state index is 13.2. The van der Waals surface area contributed by atoms with Crippen molar-refractivity contribution in [3.8, 4) is 5.75 Å². The summed E-state index contributed by atoms with van der Waals surface area (Å²) in [6.07, 6.45) is 2.00. The van der Waals surface area contributed by atoms with Crippen LogP contribution >= 0.6 is 0 Å². The second-order valence-electron chi connectivity index (χ2n) is 8.28. The third-order valence-corrected chi connectivity index (χ3v) is 6.92. The van der Waals surface area contributed by atoms with Gasteiger partial charge in [0.2, 0.25) is 5.44 Å². The fraction of sp³-hybridized carbons (Fsp3) is 0.364. The fourth-order valence-electron chi connectivity index (χ4n) is 4.03. The van der Waals surface area contributed by atoms with E-state index in [2.05, 4.69) is 15.4 Å². The molecule has 1 N–H and O–H groups in total. The minimum absolute atomic E-state index is 0.0607. The van der Waals surface area contributed by atoms with Crippen molar-refractivity contribution in [2.45, 2.75) is 31.2 Å². The number of hydrogen-bond acceptors (Lipinski definition) is 7. The summed E-state index contributed by atoms with van der Waals surface area (Å²) >= 11 is 0. The molecule has 1 aromatic heterocycles. The van der Waals surface area contributed by atoms with Gasteiger partial charge in [-0.2, -0.15) is 13.2 Å². The van der Waals surface area contributed by atoms with E-state index in [1.165, 1.54) is 35.4 Å². The maximum Gasteiger partial charge on any atom is 0.303 e. The summed E-state index contributed by atoms with van der Waals surface area (Å²) in [7, 11) is -4.55. The molecule has 1 amide bonds. The molecule has 0 saturated carbocycles. The fourth-order valence-corrected chi connectivity index (χ4v) is 4.94. The van der Waals surface area contributed by atoms with E-state index in [4.69, 9.17) is 4.74 Å². The van der Waals surface area contributed by atoms with E-state index in [0.29, 0.717) is 18.7 Å². The van der Waals surface area contributed by atoms with Gasteiger partial charge in [0.1, 0.15) is 11.6 Å². The lowest BCUT2D eigenvalue weighted by Gasteiger charge is -2.22. The molecule has 0 aliphatic carbocycles. The Bertz CT molecular complexity index is 1220. The summed E-state index contributed by atoms with van der Waals surface area (Å²) in [5.74, 6) is -0.823. The van der Waals surface area contributed by atoms with Crippen LogP contribution in [0.3, 0.4) is 0 Å². The second-order valence-corrected chi connectivity index (χ2v) is 9.78. The Morgan fingerprint density at radius 2 is 1.91 bits per heavy atom. The summed E-state index contributed by atoms with van der Waals surface area (Å²) in [5, 5.41) is 11.1. The third kappa shape index (κ3) is 5.57. The molecule has 34 heavy (non-hydrogen) atoms. The van der Waals surface area contributed by atoms with E-state index in [1.807, 2.05) is 0 Å². The van der Waals surface area contributed by atoms with Gasteiger partial charge in [-0.3, -0.25) is 9.35 Å². The van der Waals surface area contributed by atoms with Gasteiger partial charge in [-0.05, 0) is 53.6 Å². The summed E-state index contributed by atoms with van der Waals surface area (Å²) in [4.78, 5) is 15.9. The van der Waals surface area contributed by atoms with E-state index < -0.39 is 21.5 Å². The lowest BCUT2D eigenvalue weighted by molar-refractivity contribution is 0.0790. The molecule has 0 bridgehead atoms. The Morgan fingerprint density at radius 3 is 2.53 bits per heavy atom. The van der Waals surface area contributed by atoms with Gasteiger partial charge in [-0.15, -0.1) is 10.2 Å². The molecule has 3 aromatic rings. The number of benzene rings is 2. The number of carbonyl (C=O) groups is 1. The molecule has 4 rings (SSSR count). The number of ether oxygens (including phenoxy) is 1. The Kier molecular flexibility index (Phi) is 6.89. The molecule has 0 spiro atoms. The first-order chi connectivity index (χ1) is 16.2. The zero-order valence-electron chi connectivity index (χ0n) is 18.4. The standard InChI is InChI=1S/C22H24FN5O5S/c1-15(12-28-25-14-24-26-28)22(34(30,31)32)33-20-8-4-17(5-9-20)21(29)27-11-10-18(13-27)16-2-6-19(23)7-3-16/h2-9,14-15,18,22H,10-13H2,1H3,(H,30,31,32)/t15?,18?,22-/m0/s1. The lowest BCUT2D eigenvalue weighted by Crippen LogP contribution is -2.36. The van der Waals surface area contributed by atoms with Crippen molar-refractivity contribution in [1.82, 2.24) is 25.1 Å². The van der Waals surface area contributed by atoms with Gasteiger partial charge in [-0.1, -0.05) is 19.1 Å². The van der Waals surface area contributed by atoms with Gasteiger partial charge in [0, 0.05) is 30.5 Å². The van der Waals surface area contributed by atoms with Crippen molar-refractivity contribution in [2.75, 3.05) is 13.1 Å². The van der Waals surface area contributed by atoms with Crippen molar-refractivity contribution in [2.24, 2.45) is 5.92 Å². The highest BCUT2D eigenvalue weighted by molar-refractivity contribution is 7.86. The molecule has 10 nitrogen and oxygen atoms in total. The van der Waals surface area contributed by atoms with Crippen LogP contribution in [0, 0.1) is 11.7 Å². The van der Waals surface area contributed by atoms with Crippen LogP contribution in [0.5, 0.6) is 5.75 Å². The number of halogens is 1. The first-order valence-corrected chi connectivity index (χ1v) is 12.2.